The van der Waals surface area contributed by atoms with E-state index in [0.717, 1.165) is 39.0 Å². The Bertz CT molecular complexity index is 2810. The van der Waals surface area contributed by atoms with Crippen molar-refractivity contribution in [2.45, 2.75) is 15.2 Å². The number of pyridine rings is 1. The molecule has 0 amide bonds. The summed E-state index contributed by atoms with van der Waals surface area (Å²) in [6.07, 6.45) is 1.87. The molecule has 3 nitrogen and oxygen atoms in total. The van der Waals surface area contributed by atoms with E-state index in [2.05, 4.69) is 157 Å². The van der Waals surface area contributed by atoms with E-state index in [0.29, 0.717) is 5.82 Å². The first-order valence-electron chi connectivity index (χ1n) is 18.3. The summed E-state index contributed by atoms with van der Waals surface area (Å²) in [5.74, 6) is 0.713. The van der Waals surface area contributed by atoms with Crippen LogP contribution in [0.1, 0.15) is 22.3 Å². The summed E-state index contributed by atoms with van der Waals surface area (Å²) in [5, 5.41) is 1.15. The summed E-state index contributed by atoms with van der Waals surface area (Å²) in [6.45, 7) is 0. The molecule has 0 unspecified atom stereocenters. The number of benzene rings is 7. The number of fused-ring (bicyclic) bond motifs is 10. The average molecular weight is 706 g/mol. The summed E-state index contributed by atoms with van der Waals surface area (Å²) in [4.78, 5) is 17.6. The van der Waals surface area contributed by atoms with Crippen LogP contribution in [0.3, 0.4) is 0 Å². The van der Waals surface area contributed by atoms with Crippen molar-refractivity contribution in [1.82, 2.24) is 15.0 Å². The van der Waals surface area contributed by atoms with Gasteiger partial charge in [0.1, 0.15) is 0 Å². The van der Waals surface area contributed by atoms with Crippen molar-refractivity contribution in [3.63, 3.8) is 0 Å². The fourth-order valence-electron chi connectivity index (χ4n) is 8.65. The Morgan fingerprint density at radius 2 is 0.963 bits per heavy atom. The number of hydrogen-bond donors (Lipinski definition) is 0. The maximum Gasteiger partial charge on any atom is 0.160 e. The van der Waals surface area contributed by atoms with Crippen molar-refractivity contribution >= 4 is 22.7 Å². The smallest absolute Gasteiger partial charge is 0.160 e. The zero-order valence-corrected chi connectivity index (χ0v) is 30.0. The maximum absolute atomic E-state index is 5.26. The summed E-state index contributed by atoms with van der Waals surface area (Å²) in [7, 11) is 0. The highest BCUT2D eigenvalue weighted by atomic mass is 32.2. The quantitative estimate of drug-likeness (QED) is 0.183. The van der Waals surface area contributed by atoms with Crippen LogP contribution in [0.4, 0.5) is 0 Å². The van der Waals surface area contributed by atoms with Gasteiger partial charge in [-0.3, -0.25) is 4.98 Å². The van der Waals surface area contributed by atoms with E-state index in [4.69, 9.17) is 9.97 Å². The van der Waals surface area contributed by atoms with E-state index in [1.54, 1.807) is 0 Å². The third kappa shape index (κ3) is 4.67. The number of nitrogens with zero attached hydrogens (tertiary/aromatic N) is 3. The predicted molar refractivity (Wildman–Crippen MR) is 221 cm³/mol. The molecule has 0 bridgehead atoms. The first kappa shape index (κ1) is 31.0. The molecule has 2 aromatic heterocycles. The molecule has 7 aromatic carbocycles. The van der Waals surface area contributed by atoms with E-state index in [1.807, 2.05) is 48.3 Å². The number of rotatable bonds is 4. The fourth-order valence-corrected chi connectivity index (χ4v) is 9.81. The number of aromatic nitrogens is 3. The lowest BCUT2D eigenvalue weighted by molar-refractivity contribution is 0.723. The largest absolute Gasteiger partial charge is 0.256 e. The molecule has 0 atom stereocenters. The molecule has 0 saturated carbocycles. The van der Waals surface area contributed by atoms with E-state index in [1.165, 1.54) is 54.3 Å². The molecule has 54 heavy (non-hydrogen) atoms. The van der Waals surface area contributed by atoms with Gasteiger partial charge in [0, 0.05) is 38.1 Å². The lowest BCUT2D eigenvalue weighted by Crippen LogP contribution is -2.32. The molecule has 0 N–H and O–H groups in total. The molecule has 1 aliphatic carbocycles. The molecule has 11 rings (SSSR count). The van der Waals surface area contributed by atoms with Crippen LogP contribution < -0.4 is 0 Å². The molecule has 0 radical (unpaired) electrons. The van der Waals surface area contributed by atoms with Crippen LogP contribution in [-0.2, 0) is 5.41 Å². The zero-order chi connectivity index (χ0) is 35.6. The van der Waals surface area contributed by atoms with Crippen molar-refractivity contribution in [3.8, 4) is 56.2 Å². The van der Waals surface area contributed by atoms with Crippen LogP contribution in [0.15, 0.2) is 198 Å². The van der Waals surface area contributed by atoms with Crippen molar-refractivity contribution < 1.29 is 0 Å². The van der Waals surface area contributed by atoms with E-state index in [9.17, 15) is 0 Å². The summed E-state index contributed by atoms with van der Waals surface area (Å²) < 4.78 is 0. The molecule has 1 aliphatic heterocycles. The maximum atomic E-state index is 5.26. The molecule has 2 aliphatic rings. The topological polar surface area (TPSA) is 38.7 Å². The van der Waals surface area contributed by atoms with Crippen molar-refractivity contribution in [2.24, 2.45) is 0 Å². The van der Waals surface area contributed by atoms with Gasteiger partial charge in [-0.1, -0.05) is 151 Å². The molecule has 0 fully saturated rings. The van der Waals surface area contributed by atoms with Gasteiger partial charge in [-0.05, 0) is 87.0 Å². The fraction of sp³-hybridized carbons (Fsp3) is 0.0200. The van der Waals surface area contributed by atoms with Crippen LogP contribution in [0.5, 0.6) is 0 Å². The second-order valence-electron chi connectivity index (χ2n) is 13.9. The first-order valence-corrected chi connectivity index (χ1v) is 19.1. The van der Waals surface area contributed by atoms with Gasteiger partial charge >= 0.3 is 0 Å². The Hall–Kier alpha value is -6.62. The van der Waals surface area contributed by atoms with Gasteiger partial charge in [-0.2, -0.15) is 0 Å². The van der Waals surface area contributed by atoms with Crippen LogP contribution in [0.2, 0.25) is 0 Å². The van der Waals surface area contributed by atoms with Gasteiger partial charge in [0.25, 0.3) is 0 Å². The summed E-state index contributed by atoms with van der Waals surface area (Å²) in [5.41, 5.74) is 15.5. The molecular weight excluding hydrogens is 675 g/mol. The van der Waals surface area contributed by atoms with E-state index >= 15 is 0 Å². The normalized spacial score (nSPS) is 13.3. The standard InChI is InChI=1S/C50H31N3S/c1-3-13-32(14-4-1)45-31-46(53-49(52-45)33-15-5-2-6-16-33)35-25-27-48-43(30-35)50(40-21-9-7-17-37(40)38-18-8-10-22-41(38)50)42-29-34(24-26-47(42)54-48)36-19-11-23-44-39(36)20-12-28-51-44/h1-31H. The lowest BCUT2D eigenvalue weighted by atomic mass is 9.66. The SMILES string of the molecule is c1ccc(-c2cc(-c3ccc4c(c3)C3(c5cc(-c6cccc7ncccc67)ccc5S4)c4ccccc4-c4ccccc43)nc(-c3ccccc3)n2)cc1. The van der Waals surface area contributed by atoms with Crippen molar-refractivity contribution in [3.05, 3.63) is 210 Å². The van der Waals surface area contributed by atoms with Crippen molar-refractivity contribution in [1.29, 1.82) is 0 Å². The zero-order valence-electron chi connectivity index (χ0n) is 29.1. The van der Waals surface area contributed by atoms with Gasteiger partial charge in [0.15, 0.2) is 5.82 Å². The highest BCUT2D eigenvalue weighted by Crippen LogP contribution is 2.62. The molecule has 1 spiro atoms. The van der Waals surface area contributed by atoms with Crippen LogP contribution >= 0.6 is 11.8 Å². The minimum Gasteiger partial charge on any atom is -0.256 e. The predicted octanol–water partition coefficient (Wildman–Crippen LogP) is 12.5. The average Bonchev–Trinajstić information content (AvgIpc) is 3.54. The second-order valence-corrected chi connectivity index (χ2v) is 15.0. The highest BCUT2D eigenvalue weighted by molar-refractivity contribution is 7.99. The summed E-state index contributed by atoms with van der Waals surface area (Å²) >= 11 is 1.86. The molecule has 4 heteroatoms. The second kappa shape index (κ2) is 12.2. The third-order valence-corrected chi connectivity index (χ3v) is 12.2. The highest BCUT2D eigenvalue weighted by Gasteiger charge is 2.50. The Morgan fingerprint density at radius 3 is 1.67 bits per heavy atom. The van der Waals surface area contributed by atoms with Gasteiger partial charge < -0.3 is 0 Å². The Kier molecular flexibility index (Phi) is 7.01. The molecule has 252 valence electrons. The van der Waals surface area contributed by atoms with Gasteiger partial charge in [0.2, 0.25) is 0 Å². The van der Waals surface area contributed by atoms with Gasteiger partial charge in [-0.15, -0.1) is 0 Å². The third-order valence-electron chi connectivity index (χ3n) is 11.0. The molecule has 0 saturated heterocycles. The van der Waals surface area contributed by atoms with Crippen LogP contribution in [0, 0.1) is 0 Å². The first-order chi connectivity index (χ1) is 26.8. The molecular formula is C50H31N3S. The Morgan fingerprint density at radius 1 is 0.389 bits per heavy atom. The Balaban J connectivity index is 1.19. The number of hydrogen-bond acceptors (Lipinski definition) is 4. The van der Waals surface area contributed by atoms with E-state index in [-0.39, 0.29) is 0 Å². The Labute approximate surface area is 318 Å². The van der Waals surface area contributed by atoms with Crippen LogP contribution in [0.25, 0.3) is 67.1 Å². The van der Waals surface area contributed by atoms with Crippen LogP contribution in [-0.4, -0.2) is 15.0 Å². The van der Waals surface area contributed by atoms with Gasteiger partial charge in [-0.25, -0.2) is 9.97 Å². The molecule has 9 aromatic rings. The van der Waals surface area contributed by atoms with E-state index < -0.39 is 5.41 Å². The molecule has 3 heterocycles. The summed E-state index contributed by atoms with van der Waals surface area (Å²) in [6, 6.07) is 65.5. The van der Waals surface area contributed by atoms with Gasteiger partial charge in [0.05, 0.1) is 22.3 Å². The monoisotopic (exact) mass is 705 g/mol. The minimum absolute atomic E-state index is 0.546. The minimum atomic E-state index is -0.546. The lowest BCUT2D eigenvalue weighted by Gasteiger charge is -2.40. The van der Waals surface area contributed by atoms with Crippen molar-refractivity contribution in [2.75, 3.05) is 0 Å².